The van der Waals surface area contributed by atoms with Crippen LogP contribution in [-0.2, 0) is 13.1 Å². The Balaban J connectivity index is 1.87. The van der Waals surface area contributed by atoms with Gasteiger partial charge in [0.25, 0.3) is 0 Å². The molecule has 2 aromatic heterocycles. The van der Waals surface area contributed by atoms with E-state index in [9.17, 15) is 0 Å². The van der Waals surface area contributed by atoms with Gasteiger partial charge in [0.05, 0.1) is 12.7 Å². The number of fused-ring (bicyclic) bond motifs is 1. The van der Waals surface area contributed by atoms with Crippen LogP contribution in [0.5, 0.6) is 0 Å². The normalized spacial score (nSPS) is 15.3. The maximum absolute atomic E-state index is 5.66. The van der Waals surface area contributed by atoms with E-state index >= 15 is 0 Å². The van der Waals surface area contributed by atoms with Crippen LogP contribution in [0.4, 0.5) is 10.1 Å². The third-order valence-corrected chi connectivity index (χ3v) is 3.31. The van der Waals surface area contributed by atoms with Crippen molar-refractivity contribution < 1.29 is 0 Å². The molecule has 6 nitrogen and oxygen atoms in total. The van der Waals surface area contributed by atoms with Crippen molar-refractivity contribution in [2.45, 2.75) is 13.1 Å². The Hall–Kier alpha value is -1.63. The van der Waals surface area contributed by atoms with Gasteiger partial charge in [-0.2, -0.15) is 0 Å². The van der Waals surface area contributed by atoms with Crippen molar-refractivity contribution in [2.75, 3.05) is 17.2 Å². The summed E-state index contributed by atoms with van der Waals surface area (Å²) in [6.07, 6.45) is 3.46. The molecule has 0 amide bonds. The van der Waals surface area contributed by atoms with Crippen molar-refractivity contribution in [3.8, 4) is 0 Å². The number of thiazole rings is 1. The van der Waals surface area contributed by atoms with Crippen molar-refractivity contribution in [1.82, 2.24) is 19.7 Å². The van der Waals surface area contributed by atoms with Gasteiger partial charge >= 0.3 is 0 Å². The van der Waals surface area contributed by atoms with Crippen molar-refractivity contribution in [2.24, 2.45) is 0 Å². The van der Waals surface area contributed by atoms with Gasteiger partial charge in [-0.1, -0.05) is 11.3 Å². The van der Waals surface area contributed by atoms with Crippen LogP contribution < -0.4 is 10.6 Å². The number of rotatable bonds is 1. The first-order chi connectivity index (χ1) is 7.33. The maximum Gasteiger partial charge on any atom is 0.187 e. The fourth-order valence-electron chi connectivity index (χ4n) is 1.65. The second-order valence-electron chi connectivity index (χ2n) is 3.41. The SMILES string of the molecule is Nc1cnc(N2CCn3cnnc3C2)s1. The molecule has 0 bridgehead atoms. The van der Waals surface area contributed by atoms with E-state index in [1.54, 1.807) is 12.5 Å². The van der Waals surface area contributed by atoms with Crippen LogP contribution in [0.2, 0.25) is 0 Å². The van der Waals surface area contributed by atoms with Crippen LogP contribution >= 0.6 is 11.3 Å². The van der Waals surface area contributed by atoms with Gasteiger partial charge < -0.3 is 15.2 Å². The van der Waals surface area contributed by atoms with E-state index in [4.69, 9.17) is 5.73 Å². The fourth-order valence-corrected chi connectivity index (χ4v) is 2.36. The molecule has 15 heavy (non-hydrogen) atoms. The molecule has 0 aliphatic carbocycles. The summed E-state index contributed by atoms with van der Waals surface area (Å²) in [5.41, 5.74) is 5.66. The summed E-state index contributed by atoms with van der Waals surface area (Å²) in [5, 5.41) is 9.65. The van der Waals surface area contributed by atoms with Crippen LogP contribution in [-0.4, -0.2) is 26.3 Å². The van der Waals surface area contributed by atoms with E-state index in [-0.39, 0.29) is 0 Å². The molecule has 0 saturated carbocycles. The lowest BCUT2D eigenvalue weighted by Crippen LogP contribution is -2.33. The Labute approximate surface area is 90.4 Å². The third kappa shape index (κ3) is 1.44. The molecule has 0 saturated heterocycles. The molecule has 0 unspecified atom stereocenters. The Morgan fingerprint density at radius 3 is 3.13 bits per heavy atom. The number of nitrogens with two attached hydrogens (primary N) is 1. The monoisotopic (exact) mass is 222 g/mol. The maximum atomic E-state index is 5.66. The molecule has 1 aliphatic heterocycles. The lowest BCUT2D eigenvalue weighted by molar-refractivity contribution is 0.559. The topological polar surface area (TPSA) is 72.9 Å². The van der Waals surface area contributed by atoms with E-state index in [1.807, 2.05) is 0 Å². The third-order valence-electron chi connectivity index (χ3n) is 2.42. The van der Waals surface area contributed by atoms with E-state index in [0.717, 1.165) is 35.6 Å². The average molecular weight is 222 g/mol. The van der Waals surface area contributed by atoms with Crippen LogP contribution in [0, 0.1) is 0 Å². The van der Waals surface area contributed by atoms with E-state index in [1.165, 1.54) is 11.3 Å². The first-order valence-corrected chi connectivity index (χ1v) is 5.47. The summed E-state index contributed by atoms with van der Waals surface area (Å²) >= 11 is 1.51. The zero-order valence-corrected chi connectivity index (χ0v) is 8.81. The lowest BCUT2D eigenvalue weighted by Gasteiger charge is -2.26. The minimum atomic E-state index is 0.747. The summed E-state index contributed by atoms with van der Waals surface area (Å²) in [5.74, 6) is 0.982. The number of nitrogens with zero attached hydrogens (tertiary/aromatic N) is 5. The van der Waals surface area contributed by atoms with Gasteiger partial charge in [0, 0.05) is 13.1 Å². The van der Waals surface area contributed by atoms with Gasteiger partial charge in [-0.15, -0.1) is 10.2 Å². The number of aromatic nitrogens is 4. The molecule has 0 radical (unpaired) electrons. The summed E-state index contributed by atoms with van der Waals surface area (Å²) in [6, 6.07) is 0. The fraction of sp³-hybridized carbons (Fsp3) is 0.375. The number of anilines is 2. The summed E-state index contributed by atoms with van der Waals surface area (Å²) in [4.78, 5) is 6.43. The van der Waals surface area contributed by atoms with Gasteiger partial charge in [-0.05, 0) is 0 Å². The highest BCUT2D eigenvalue weighted by molar-refractivity contribution is 7.19. The van der Waals surface area contributed by atoms with Gasteiger partial charge in [-0.3, -0.25) is 0 Å². The quantitative estimate of drug-likeness (QED) is 0.753. The molecule has 0 aromatic carbocycles. The molecular weight excluding hydrogens is 212 g/mol. The summed E-state index contributed by atoms with van der Waals surface area (Å²) in [7, 11) is 0. The highest BCUT2D eigenvalue weighted by Crippen LogP contribution is 2.26. The van der Waals surface area contributed by atoms with Crippen molar-refractivity contribution in [3.05, 3.63) is 18.3 Å². The van der Waals surface area contributed by atoms with E-state index in [0.29, 0.717) is 0 Å². The minimum Gasteiger partial charge on any atom is -0.389 e. The number of hydrogen-bond donors (Lipinski definition) is 1. The van der Waals surface area contributed by atoms with Gasteiger partial charge in [0.1, 0.15) is 11.3 Å². The zero-order chi connectivity index (χ0) is 10.3. The molecular formula is C8H10N6S. The molecule has 0 fully saturated rings. The molecule has 7 heteroatoms. The van der Waals surface area contributed by atoms with Crippen LogP contribution in [0.25, 0.3) is 0 Å². The first-order valence-electron chi connectivity index (χ1n) is 4.66. The molecule has 3 rings (SSSR count). The van der Waals surface area contributed by atoms with Crippen LogP contribution in [0.1, 0.15) is 5.82 Å². The van der Waals surface area contributed by atoms with Gasteiger partial charge in [-0.25, -0.2) is 4.98 Å². The predicted molar refractivity (Wildman–Crippen MR) is 57.6 cm³/mol. The Morgan fingerprint density at radius 1 is 1.40 bits per heavy atom. The molecule has 1 aliphatic rings. The van der Waals surface area contributed by atoms with Gasteiger partial charge in [0.15, 0.2) is 11.0 Å². The Morgan fingerprint density at radius 2 is 2.33 bits per heavy atom. The van der Waals surface area contributed by atoms with Crippen molar-refractivity contribution >= 4 is 21.5 Å². The molecule has 2 aromatic rings. The zero-order valence-electron chi connectivity index (χ0n) is 8.00. The second-order valence-corrected chi connectivity index (χ2v) is 4.45. The van der Waals surface area contributed by atoms with Crippen molar-refractivity contribution in [3.63, 3.8) is 0 Å². The van der Waals surface area contributed by atoms with Gasteiger partial charge in [0.2, 0.25) is 0 Å². The van der Waals surface area contributed by atoms with Crippen LogP contribution in [0.3, 0.4) is 0 Å². The number of nitrogen functional groups attached to an aromatic ring is 1. The summed E-state index contributed by atoms with van der Waals surface area (Å²) in [6.45, 7) is 2.59. The van der Waals surface area contributed by atoms with Crippen molar-refractivity contribution in [1.29, 1.82) is 0 Å². The Kier molecular flexibility index (Phi) is 1.84. The van der Waals surface area contributed by atoms with E-state index in [2.05, 4.69) is 24.6 Å². The standard InChI is InChI=1S/C8H10N6S/c9-6-3-10-8(15-6)13-1-2-14-5-11-12-7(14)4-13/h3,5H,1-2,4,9H2. The minimum absolute atomic E-state index is 0.747. The highest BCUT2D eigenvalue weighted by Gasteiger charge is 2.19. The molecule has 78 valence electrons. The molecule has 3 heterocycles. The second kappa shape index (κ2) is 3.20. The molecule has 0 spiro atoms. The molecule has 0 atom stereocenters. The summed E-state index contributed by atoms with van der Waals surface area (Å²) < 4.78 is 2.06. The highest BCUT2D eigenvalue weighted by atomic mass is 32.1. The number of hydrogen-bond acceptors (Lipinski definition) is 6. The first kappa shape index (κ1) is 8.66. The largest absolute Gasteiger partial charge is 0.389 e. The molecule has 2 N–H and O–H groups in total. The average Bonchev–Trinajstić information content (AvgIpc) is 2.84. The lowest BCUT2D eigenvalue weighted by atomic mass is 10.4. The Bertz CT molecular complexity index is 475. The van der Waals surface area contributed by atoms with Crippen LogP contribution in [0.15, 0.2) is 12.5 Å². The van der Waals surface area contributed by atoms with E-state index < -0.39 is 0 Å². The smallest absolute Gasteiger partial charge is 0.187 e. The predicted octanol–water partition coefficient (Wildman–Crippen LogP) is 0.337.